The first kappa shape index (κ1) is 64.1. The maximum Gasteiger partial charge on any atom is 0.326 e. The molecular weight excluding hydrogens is 1040 g/mol. The molecule has 2 unspecified atom stereocenters. The Morgan fingerprint density at radius 1 is 0.722 bits per heavy atom. The number of benzene rings is 2. The van der Waals surface area contributed by atoms with Crippen LogP contribution < -0.4 is 49.7 Å². The maximum absolute atomic E-state index is 14.0. The molecule has 0 aromatic heterocycles. The van der Waals surface area contributed by atoms with Crippen molar-refractivity contribution < 1.29 is 58.5 Å². The summed E-state index contributed by atoms with van der Waals surface area (Å²) < 4.78 is 0. The average molecular weight is 1120 g/mol. The highest BCUT2D eigenvalue weighted by molar-refractivity contribution is 7.80. The van der Waals surface area contributed by atoms with Gasteiger partial charge < -0.3 is 64.4 Å². The van der Waals surface area contributed by atoms with Crippen LogP contribution in [0, 0.1) is 0 Å². The van der Waals surface area contributed by atoms with Crippen LogP contribution in [0.5, 0.6) is 0 Å². The molecule has 2 aromatic carbocycles. The molecule has 27 heteroatoms. The highest BCUT2D eigenvalue weighted by atomic mass is 32.1. The van der Waals surface area contributed by atoms with Crippen molar-refractivity contribution in [1.29, 1.82) is 0 Å². The fraction of sp³-hybridized carbons (Fsp3) is 0.500. The highest BCUT2D eigenvalue weighted by Crippen LogP contribution is 2.25. The number of unbranched alkanes of at least 4 members (excludes halogenated alkanes) is 1. The lowest BCUT2D eigenvalue weighted by atomic mass is 9.88. The Hall–Kier alpha value is -7.46. The van der Waals surface area contributed by atoms with E-state index in [9.17, 15) is 53.4 Å². The van der Waals surface area contributed by atoms with Crippen LogP contribution in [0.2, 0.25) is 0 Å². The SMILES string of the molecule is [B]c1ccc(CN(CCCC[C@H](NC(=O)N[C@@H](CCC(=O)O)C(=O)O)C(=O)O)C(=O)c2ccc(CNC(=S)NC3(C)C=CC(CC4CN(CC(N)=O)CCN(CC(N)=O)CCN(CC(N)=O)CCN4CC(N)=O)=CC3)cc2)cc1. The van der Waals surface area contributed by atoms with E-state index in [1.807, 2.05) is 38.7 Å². The zero-order valence-electron chi connectivity index (χ0n) is 44.5. The van der Waals surface area contributed by atoms with Crippen LogP contribution in [0.3, 0.4) is 0 Å². The first-order chi connectivity index (χ1) is 37.4. The van der Waals surface area contributed by atoms with E-state index in [1.54, 1.807) is 53.4 Å². The number of urea groups is 1. The quantitative estimate of drug-likeness (QED) is 0.0247. The third-order valence-corrected chi connectivity index (χ3v) is 13.5. The van der Waals surface area contributed by atoms with Crippen LogP contribution >= 0.6 is 12.2 Å². The number of primary amides is 4. The van der Waals surface area contributed by atoms with Gasteiger partial charge in [0.15, 0.2) is 5.11 Å². The van der Waals surface area contributed by atoms with Gasteiger partial charge in [0, 0.05) is 83.5 Å². The van der Waals surface area contributed by atoms with E-state index in [0.717, 1.165) is 16.7 Å². The van der Waals surface area contributed by atoms with E-state index >= 15 is 0 Å². The van der Waals surface area contributed by atoms with Gasteiger partial charge in [-0.05, 0) is 80.9 Å². The van der Waals surface area contributed by atoms with Crippen molar-refractivity contribution in [2.75, 3.05) is 78.5 Å². The molecule has 1 heterocycles. The number of carbonyl (C=O) groups is 9. The summed E-state index contributed by atoms with van der Waals surface area (Å²) in [6.07, 6.45) is 6.69. The summed E-state index contributed by atoms with van der Waals surface area (Å²) in [5, 5.41) is 39.4. The lowest BCUT2D eigenvalue weighted by Crippen LogP contribution is -2.54. The predicted molar refractivity (Wildman–Crippen MR) is 297 cm³/mol. The third kappa shape index (κ3) is 24.0. The number of hydrogen-bond acceptors (Lipinski definition) is 14. The Morgan fingerprint density at radius 3 is 1.78 bits per heavy atom. The van der Waals surface area contributed by atoms with Gasteiger partial charge in [-0.15, -0.1) is 0 Å². The van der Waals surface area contributed by atoms with Crippen molar-refractivity contribution in [1.82, 2.24) is 45.8 Å². The number of allylic oxidation sites excluding steroid dienone is 1. The zero-order valence-corrected chi connectivity index (χ0v) is 45.3. The molecule has 1 aliphatic heterocycles. The normalized spacial score (nSPS) is 18.5. The molecule has 1 aliphatic carbocycles. The molecule has 79 heavy (non-hydrogen) atoms. The standard InChI is InChI=1S/C52H74BN13O12S/c1-52(17-15-34(16-18-52)26-39-29-64(32-44(56)69)23-22-62(30-42(54)67)20-21-63(31-43(55)68)24-25-65(39)33-45(57)70)61-51(79)58-27-35-5-9-37(10-6-35)47(73)66(28-36-7-11-38(53)12-8-36)19-3-2-4-40(48(74)75)59-50(78)60-41(49(76)77)13-14-46(71)72/h5-12,15-17,39-41H,2-4,13-14,18-33H2,1H3,(H2,54,67)(H2,55,68)(H2,56,69)(H2,57,70)(H,71,72)(H,74,75)(H,76,77)(H2,58,61,79)(H2,59,60,78)/t39?,40-,41-,52?/m0/s1. The molecular formula is C52H74BN13O12S. The molecule has 2 aliphatic rings. The summed E-state index contributed by atoms with van der Waals surface area (Å²) in [7, 11) is 5.90. The van der Waals surface area contributed by atoms with Gasteiger partial charge in [-0.3, -0.25) is 48.4 Å². The molecule has 2 aromatic rings. The summed E-state index contributed by atoms with van der Waals surface area (Å²) in [5.74, 6) is -6.52. The second-order valence-corrected chi connectivity index (χ2v) is 20.4. The Labute approximate surface area is 465 Å². The Balaban J connectivity index is 1.38. The molecule has 428 valence electrons. The number of amides is 7. The second kappa shape index (κ2) is 31.8. The number of rotatable bonds is 28. The minimum absolute atomic E-state index is 0.0273. The largest absolute Gasteiger partial charge is 0.481 e. The van der Waals surface area contributed by atoms with Crippen LogP contribution in [-0.4, -0.2) is 208 Å². The lowest BCUT2D eigenvalue weighted by molar-refractivity contribution is -0.141. The molecule has 1 fully saturated rings. The van der Waals surface area contributed by atoms with Crippen LogP contribution in [0.4, 0.5) is 4.79 Å². The van der Waals surface area contributed by atoms with Crippen LogP contribution in [0.25, 0.3) is 0 Å². The van der Waals surface area contributed by atoms with Crippen molar-refractivity contribution >= 4 is 84.1 Å². The molecule has 15 N–H and O–H groups in total. The number of carboxylic acids is 3. The van der Waals surface area contributed by atoms with Gasteiger partial charge in [0.25, 0.3) is 5.91 Å². The number of carboxylic acid groups (broad SMARTS) is 3. The van der Waals surface area contributed by atoms with Crippen molar-refractivity contribution in [3.05, 3.63) is 89.0 Å². The van der Waals surface area contributed by atoms with Crippen LogP contribution in [0.1, 0.15) is 73.4 Å². The highest BCUT2D eigenvalue weighted by Gasteiger charge is 2.30. The number of hydrogen-bond donors (Lipinski definition) is 11. The van der Waals surface area contributed by atoms with Gasteiger partial charge in [-0.2, -0.15) is 0 Å². The predicted octanol–water partition coefficient (Wildman–Crippen LogP) is -2.11. The van der Waals surface area contributed by atoms with E-state index < -0.39 is 78.0 Å². The minimum Gasteiger partial charge on any atom is -0.481 e. The molecule has 1 saturated heterocycles. The van der Waals surface area contributed by atoms with Crippen molar-refractivity contribution in [2.24, 2.45) is 22.9 Å². The monoisotopic (exact) mass is 1120 g/mol. The van der Waals surface area contributed by atoms with Gasteiger partial charge in [0.05, 0.1) is 31.7 Å². The molecule has 2 radical (unpaired) electrons. The number of nitrogens with one attached hydrogen (secondary N) is 4. The molecule has 0 saturated carbocycles. The zero-order chi connectivity index (χ0) is 58.2. The fourth-order valence-corrected chi connectivity index (χ4v) is 9.38. The van der Waals surface area contributed by atoms with E-state index in [2.05, 4.69) is 27.3 Å². The summed E-state index contributed by atoms with van der Waals surface area (Å²) in [6.45, 7) is 5.05. The number of nitrogens with two attached hydrogens (primary N) is 4. The first-order valence-electron chi connectivity index (χ1n) is 25.8. The van der Waals surface area contributed by atoms with Crippen LogP contribution in [-0.2, 0) is 46.7 Å². The summed E-state index contributed by atoms with van der Waals surface area (Å²) in [5.41, 5.74) is 25.5. The fourth-order valence-electron chi connectivity index (χ4n) is 9.08. The van der Waals surface area contributed by atoms with Gasteiger partial charge in [0.1, 0.15) is 19.9 Å². The van der Waals surface area contributed by atoms with E-state index in [4.69, 9.17) is 48.1 Å². The number of aliphatic carboxylic acids is 3. The maximum atomic E-state index is 14.0. The number of carbonyl (C=O) groups excluding carboxylic acids is 6. The summed E-state index contributed by atoms with van der Waals surface area (Å²) >= 11 is 5.73. The Kier molecular flexibility index (Phi) is 25.8. The van der Waals surface area contributed by atoms with Gasteiger partial charge in [-0.1, -0.05) is 65.7 Å². The van der Waals surface area contributed by atoms with Crippen LogP contribution in [0.15, 0.2) is 72.3 Å². The van der Waals surface area contributed by atoms with Crippen molar-refractivity contribution in [2.45, 2.75) is 88.6 Å². The number of nitrogens with zero attached hydrogens (tertiary/aromatic N) is 5. The molecule has 0 bridgehead atoms. The third-order valence-electron chi connectivity index (χ3n) is 13.3. The van der Waals surface area contributed by atoms with Gasteiger partial charge in [-0.25, -0.2) is 14.4 Å². The Morgan fingerprint density at radius 2 is 1.25 bits per heavy atom. The molecule has 4 rings (SSSR count). The van der Waals surface area contributed by atoms with E-state index in [-0.39, 0.29) is 64.1 Å². The van der Waals surface area contributed by atoms with Crippen molar-refractivity contribution in [3.63, 3.8) is 0 Å². The Bertz CT molecular complexity index is 2540. The van der Waals surface area contributed by atoms with E-state index in [0.29, 0.717) is 87.8 Å². The van der Waals surface area contributed by atoms with Gasteiger partial charge >= 0.3 is 23.9 Å². The lowest BCUT2D eigenvalue weighted by Gasteiger charge is -2.38. The smallest absolute Gasteiger partial charge is 0.326 e. The van der Waals surface area contributed by atoms with Crippen molar-refractivity contribution in [3.8, 4) is 0 Å². The first-order valence-corrected chi connectivity index (χ1v) is 26.2. The average Bonchev–Trinajstić information content (AvgIpc) is 3.36. The van der Waals surface area contributed by atoms with E-state index in [1.165, 1.54) is 0 Å². The minimum atomic E-state index is -1.54. The van der Waals surface area contributed by atoms with Gasteiger partial charge in [0.2, 0.25) is 23.6 Å². The molecule has 4 atom stereocenters. The molecule has 7 amide bonds. The molecule has 25 nitrogen and oxygen atoms in total. The molecule has 0 spiro atoms. The summed E-state index contributed by atoms with van der Waals surface area (Å²) in [4.78, 5) is 119. The topological polar surface area (TPSA) is 383 Å². The second-order valence-electron chi connectivity index (χ2n) is 20.0. The number of thiocarbonyl (C=S) groups is 1. The summed E-state index contributed by atoms with van der Waals surface area (Å²) in [6, 6.07) is 9.67.